The van der Waals surface area contributed by atoms with Crippen LogP contribution in [0.3, 0.4) is 0 Å². The number of carbonyl (C=O) groups excluding carboxylic acids is 1. The Morgan fingerprint density at radius 3 is 2.50 bits per heavy atom. The minimum atomic E-state index is -0.204. The summed E-state index contributed by atoms with van der Waals surface area (Å²) in [5, 5.41) is 6.85. The van der Waals surface area contributed by atoms with Crippen LogP contribution in [0.1, 0.15) is 19.5 Å². The number of amides is 1. The summed E-state index contributed by atoms with van der Waals surface area (Å²) in [4.78, 5) is 11.7. The van der Waals surface area contributed by atoms with E-state index in [1.54, 1.807) is 10.9 Å². The Kier molecular flexibility index (Phi) is 5.47. The third-order valence-electron chi connectivity index (χ3n) is 2.70. The molecule has 5 nitrogen and oxygen atoms in total. The normalized spacial score (nSPS) is 13.8. The molecule has 0 aromatic carbocycles. The van der Waals surface area contributed by atoms with Gasteiger partial charge in [0.2, 0.25) is 5.91 Å². The molecule has 0 aliphatic carbocycles. The summed E-state index contributed by atoms with van der Waals surface area (Å²) >= 11 is 0. The number of anilines is 1. The molecule has 0 bridgehead atoms. The van der Waals surface area contributed by atoms with Crippen LogP contribution in [-0.2, 0) is 11.8 Å². The predicted octanol–water partition coefficient (Wildman–Crippen LogP) is 1.07. The lowest BCUT2D eigenvalue weighted by atomic mass is 10.0. The number of aryl methyl sites for hydroxylation is 1. The summed E-state index contributed by atoms with van der Waals surface area (Å²) in [6.07, 6.45) is 1.64. The maximum Gasteiger partial charge on any atom is 0.228 e. The minimum Gasteiger partial charge on any atom is -0.327 e. The summed E-state index contributed by atoms with van der Waals surface area (Å²) in [5.41, 5.74) is 7.33. The molecule has 16 heavy (non-hydrogen) atoms. The molecule has 0 fully saturated rings. The van der Waals surface area contributed by atoms with Crippen LogP contribution in [-0.4, -0.2) is 21.7 Å². The summed E-state index contributed by atoms with van der Waals surface area (Å²) in [6.45, 7) is 5.53. The smallest absolute Gasteiger partial charge is 0.228 e. The van der Waals surface area contributed by atoms with Crippen molar-refractivity contribution in [1.29, 1.82) is 0 Å². The largest absolute Gasteiger partial charge is 0.327 e. The molecule has 0 radical (unpaired) electrons. The number of nitrogens with zero attached hydrogens (tertiary/aromatic N) is 2. The molecule has 1 heterocycles. The lowest BCUT2D eigenvalue weighted by Crippen LogP contribution is -2.34. The highest BCUT2D eigenvalue weighted by Crippen LogP contribution is 2.14. The van der Waals surface area contributed by atoms with Gasteiger partial charge < -0.3 is 11.1 Å². The van der Waals surface area contributed by atoms with Crippen molar-refractivity contribution in [2.75, 3.05) is 5.32 Å². The highest BCUT2D eigenvalue weighted by atomic mass is 35.5. The molecule has 0 saturated heterocycles. The number of rotatable bonds is 3. The van der Waals surface area contributed by atoms with E-state index < -0.39 is 0 Å². The highest BCUT2D eigenvalue weighted by molar-refractivity contribution is 5.93. The Morgan fingerprint density at radius 2 is 2.12 bits per heavy atom. The van der Waals surface area contributed by atoms with E-state index in [0.29, 0.717) is 0 Å². The Labute approximate surface area is 102 Å². The average Bonchev–Trinajstić information content (AvgIpc) is 2.48. The lowest BCUT2D eigenvalue weighted by molar-refractivity contribution is -0.119. The zero-order valence-corrected chi connectivity index (χ0v) is 10.8. The van der Waals surface area contributed by atoms with Gasteiger partial charge in [0.25, 0.3) is 0 Å². The topological polar surface area (TPSA) is 72.9 Å². The van der Waals surface area contributed by atoms with Gasteiger partial charge in [-0.25, -0.2) is 0 Å². The first-order chi connectivity index (χ1) is 6.93. The van der Waals surface area contributed by atoms with Crippen LogP contribution in [0.4, 0.5) is 5.69 Å². The lowest BCUT2D eigenvalue weighted by Gasteiger charge is -2.14. The average molecular weight is 247 g/mol. The number of nitrogens with one attached hydrogen (secondary N) is 1. The number of carbonyl (C=O) groups is 1. The van der Waals surface area contributed by atoms with Crippen LogP contribution < -0.4 is 11.1 Å². The van der Waals surface area contributed by atoms with Gasteiger partial charge >= 0.3 is 0 Å². The first-order valence-corrected chi connectivity index (χ1v) is 4.98. The summed E-state index contributed by atoms with van der Waals surface area (Å²) in [6, 6.07) is -0.151. The van der Waals surface area contributed by atoms with Crippen LogP contribution in [0, 0.1) is 12.8 Å². The molecule has 6 heteroatoms. The number of hydrogen-bond acceptors (Lipinski definition) is 3. The minimum absolute atomic E-state index is 0. The molecule has 92 valence electrons. The second-order valence-corrected chi connectivity index (χ2v) is 3.90. The first kappa shape index (κ1) is 14.9. The number of hydrogen-bond donors (Lipinski definition) is 2. The van der Waals surface area contributed by atoms with E-state index in [1.807, 2.05) is 27.8 Å². The SMILES string of the molecule is Cc1c(NC(=O)C(C)C(C)N)cnn1C.Cl. The van der Waals surface area contributed by atoms with E-state index in [2.05, 4.69) is 10.4 Å². The van der Waals surface area contributed by atoms with Crippen molar-refractivity contribution in [3.8, 4) is 0 Å². The Hall–Kier alpha value is -1.07. The molecule has 1 rings (SSSR count). The van der Waals surface area contributed by atoms with Crippen molar-refractivity contribution in [3.63, 3.8) is 0 Å². The summed E-state index contributed by atoms with van der Waals surface area (Å²) < 4.78 is 1.71. The summed E-state index contributed by atoms with van der Waals surface area (Å²) in [5.74, 6) is -0.272. The van der Waals surface area contributed by atoms with Crippen LogP contribution in [0.15, 0.2) is 6.20 Å². The molecule has 1 amide bonds. The van der Waals surface area contributed by atoms with Gasteiger partial charge in [-0.3, -0.25) is 9.48 Å². The van der Waals surface area contributed by atoms with Gasteiger partial charge in [-0.05, 0) is 13.8 Å². The zero-order chi connectivity index (χ0) is 11.6. The standard InChI is InChI=1S/C10H18N4O.ClH/c1-6(7(2)11)10(15)13-9-5-12-14(4)8(9)3;/h5-7H,11H2,1-4H3,(H,13,15);1H. The number of aromatic nitrogens is 2. The molecular formula is C10H19ClN4O. The molecule has 2 unspecified atom stereocenters. The van der Waals surface area contributed by atoms with Gasteiger partial charge in [-0.15, -0.1) is 12.4 Å². The van der Waals surface area contributed by atoms with Crippen LogP contribution in [0.25, 0.3) is 0 Å². The molecule has 2 atom stereocenters. The fourth-order valence-corrected chi connectivity index (χ4v) is 1.11. The maximum atomic E-state index is 11.7. The van der Waals surface area contributed by atoms with Crippen molar-refractivity contribution in [3.05, 3.63) is 11.9 Å². The van der Waals surface area contributed by atoms with Gasteiger partial charge in [-0.1, -0.05) is 6.92 Å². The summed E-state index contributed by atoms with van der Waals surface area (Å²) in [7, 11) is 1.83. The monoisotopic (exact) mass is 246 g/mol. The molecular weight excluding hydrogens is 228 g/mol. The first-order valence-electron chi connectivity index (χ1n) is 4.98. The van der Waals surface area contributed by atoms with E-state index >= 15 is 0 Å². The highest BCUT2D eigenvalue weighted by Gasteiger charge is 2.18. The fraction of sp³-hybridized carbons (Fsp3) is 0.600. The second kappa shape index (κ2) is 5.86. The van der Waals surface area contributed by atoms with Crippen molar-refractivity contribution >= 4 is 24.0 Å². The quantitative estimate of drug-likeness (QED) is 0.838. The molecule has 1 aromatic rings. The molecule has 1 aromatic heterocycles. The second-order valence-electron chi connectivity index (χ2n) is 3.90. The molecule has 0 spiro atoms. The van der Waals surface area contributed by atoms with Crippen molar-refractivity contribution < 1.29 is 4.79 Å². The van der Waals surface area contributed by atoms with E-state index in [1.165, 1.54) is 0 Å². The molecule has 0 aliphatic rings. The van der Waals surface area contributed by atoms with Crippen molar-refractivity contribution in [2.45, 2.75) is 26.8 Å². The van der Waals surface area contributed by atoms with E-state index in [4.69, 9.17) is 5.73 Å². The van der Waals surface area contributed by atoms with Gasteiger partial charge in [0, 0.05) is 13.1 Å². The van der Waals surface area contributed by atoms with Gasteiger partial charge in [0.05, 0.1) is 23.5 Å². The van der Waals surface area contributed by atoms with Gasteiger partial charge in [-0.2, -0.15) is 5.10 Å². The Morgan fingerprint density at radius 1 is 1.56 bits per heavy atom. The fourth-order valence-electron chi connectivity index (χ4n) is 1.11. The Bertz CT molecular complexity index is 362. The van der Waals surface area contributed by atoms with Crippen LogP contribution in [0.5, 0.6) is 0 Å². The van der Waals surface area contributed by atoms with Crippen LogP contribution >= 0.6 is 12.4 Å². The third-order valence-corrected chi connectivity index (χ3v) is 2.70. The van der Waals surface area contributed by atoms with Crippen molar-refractivity contribution in [1.82, 2.24) is 9.78 Å². The van der Waals surface area contributed by atoms with E-state index in [-0.39, 0.29) is 30.3 Å². The molecule has 3 N–H and O–H groups in total. The molecule has 0 aliphatic heterocycles. The Balaban J connectivity index is 0.00000225. The van der Waals surface area contributed by atoms with Crippen LogP contribution in [0.2, 0.25) is 0 Å². The third kappa shape index (κ3) is 3.21. The van der Waals surface area contributed by atoms with E-state index in [0.717, 1.165) is 11.4 Å². The number of halogens is 1. The number of nitrogens with two attached hydrogens (primary N) is 1. The van der Waals surface area contributed by atoms with Gasteiger partial charge in [0.1, 0.15) is 0 Å². The molecule has 0 saturated carbocycles. The van der Waals surface area contributed by atoms with Gasteiger partial charge in [0.15, 0.2) is 0 Å². The zero-order valence-electron chi connectivity index (χ0n) is 10.0. The maximum absolute atomic E-state index is 11.7. The van der Waals surface area contributed by atoms with Crippen molar-refractivity contribution in [2.24, 2.45) is 18.7 Å². The predicted molar refractivity (Wildman–Crippen MR) is 66.6 cm³/mol. The van der Waals surface area contributed by atoms with E-state index in [9.17, 15) is 4.79 Å².